The van der Waals surface area contributed by atoms with Gasteiger partial charge in [0.15, 0.2) is 0 Å². The minimum Gasteiger partial charge on any atom is -0.494 e. The lowest BCUT2D eigenvalue weighted by Crippen LogP contribution is -2.04. The lowest BCUT2D eigenvalue weighted by molar-refractivity contribution is -0.138. The number of hydrogen-bond acceptors (Lipinski definition) is 10. The van der Waals surface area contributed by atoms with Crippen LogP contribution in [0.15, 0.2) is 114 Å². The number of thioether (sulfide) groups is 2. The highest BCUT2D eigenvalue weighted by atomic mass is 32.2. The first-order valence-corrected chi connectivity index (χ1v) is 16.3. The minimum atomic E-state index is -0.435. The van der Waals surface area contributed by atoms with Crippen LogP contribution in [-0.2, 0) is 23.9 Å². The zero-order chi connectivity index (χ0) is 33.0. The van der Waals surface area contributed by atoms with E-state index in [1.54, 1.807) is 30.3 Å². The molecule has 8 nitrogen and oxygen atoms in total. The molecule has 0 amide bonds. The molecule has 0 saturated heterocycles. The van der Waals surface area contributed by atoms with Crippen LogP contribution in [0.5, 0.6) is 11.5 Å². The van der Waals surface area contributed by atoms with Crippen molar-refractivity contribution in [2.75, 3.05) is 26.4 Å². The third-order valence-corrected chi connectivity index (χ3v) is 7.85. The number of benzene rings is 3. The first kappa shape index (κ1) is 35.9. The van der Waals surface area contributed by atoms with Gasteiger partial charge in [0.2, 0.25) is 10.2 Å². The largest absolute Gasteiger partial charge is 0.494 e. The van der Waals surface area contributed by atoms with Gasteiger partial charge in [0, 0.05) is 27.5 Å². The molecule has 0 N–H and O–H groups in total. The van der Waals surface area contributed by atoms with Crippen LogP contribution in [-0.4, -0.2) is 48.6 Å². The van der Waals surface area contributed by atoms with E-state index in [0.717, 1.165) is 69.6 Å². The van der Waals surface area contributed by atoms with Crippen molar-refractivity contribution in [1.29, 1.82) is 0 Å². The van der Waals surface area contributed by atoms with Gasteiger partial charge < -0.3 is 18.9 Å². The fraction of sp³-hybridized carbons (Fsp3) is 0.222. The minimum absolute atomic E-state index is 0.0991. The summed E-state index contributed by atoms with van der Waals surface area (Å²) in [7, 11) is 0. The topological polar surface area (TPSA) is 105 Å². The van der Waals surface area contributed by atoms with E-state index in [0.29, 0.717) is 50.6 Å². The molecule has 0 aliphatic heterocycles. The van der Waals surface area contributed by atoms with Gasteiger partial charge in [0.25, 0.3) is 0 Å². The van der Waals surface area contributed by atoms with Crippen molar-refractivity contribution in [2.24, 2.45) is 0 Å². The maximum atomic E-state index is 12.7. The molecule has 0 heterocycles. The Bertz CT molecular complexity index is 1480. The molecular formula is C36H36O8S2. The van der Waals surface area contributed by atoms with E-state index in [9.17, 15) is 19.2 Å². The fourth-order valence-corrected chi connectivity index (χ4v) is 5.05. The van der Waals surface area contributed by atoms with Crippen LogP contribution in [0, 0.1) is 0 Å². The second kappa shape index (κ2) is 20.5. The average Bonchev–Trinajstić information content (AvgIpc) is 3.08. The highest BCUT2D eigenvalue weighted by Gasteiger charge is 2.10. The van der Waals surface area contributed by atoms with E-state index in [2.05, 4.69) is 13.2 Å². The molecule has 0 aliphatic carbocycles. The van der Waals surface area contributed by atoms with Crippen LogP contribution >= 0.6 is 23.5 Å². The van der Waals surface area contributed by atoms with Crippen molar-refractivity contribution in [1.82, 2.24) is 0 Å². The van der Waals surface area contributed by atoms with Gasteiger partial charge in [-0.05, 0) is 122 Å². The zero-order valence-corrected chi connectivity index (χ0v) is 27.0. The summed E-state index contributed by atoms with van der Waals surface area (Å²) in [5.41, 5.74) is 1.42. The molecule has 46 heavy (non-hydrogen) atoms. The van der Waals surface area contributed by atoms with Crippen LogP contribution in [0.3, 0.4) is 0 Å². The molecule has 0 spiro atoms. The van der Waals surface area contributed by atoms with Crippen LogP contribution < -0.4 is 9.47 Å². The first-order valence-electron chi connectivity index (χ1n) is 14.6. The summed E-state index contributed by atoms with van der Waals surface area (Å²) in [6, 6.07) is 21.6. The van der Waals surface area contributed by atoms with E-state index in [-0.39, 0.29) is 10.2 Å². The first-order chi connectivity index (χ1) is 22.4. The second-order valence-electron chi connectivity index (χ2n) is 9.56. The molecule has 0 bridgehead atoms. The number of carbonyl (C=O) groups is 4. The lowest BCUT2D eigenvalue weighted by atomic mass is 10.2. The maximum Gasteiger partial charge on any atom is 0.330 e. The average molecular weight is 661 g/mol. The summed E-state index contributed by atoms with van der Waals surface area (Å²) in [4.78, 5) is 48.8. The van der Waals surface area contributed by atoms with Crippen molar-refractivity contribution in [3.63, 3.8) is 0 Å². The Morgan fingerprint density at radius 3 is 1.54 bits per heavy atom. The monoisotopic (exact) mass is 660 g/mol. The van der Waals surface area contributed by atoms with Gasteiger partial charge >= 0.3 is 11.9 Å². The van der Waals surface area contributed by atoms with Gasteiger partial charge in [-0.2, -0.15) is 0 Å². The summed E-state index contributed by atoms with van der Waals surface area (Å²) in [5, 5.41) is -0.217. The van der Waals surface area contributed by atoms with Crippen LogP contribution in [0.1, 0.15) is 41.6 Å². The molecule has 0 aromatic heterocycles. The quantitative estimate of drug-likeness (QED) is 0.0549. The number of hydrogen-bond donors (Lipinski definition) is 0. The lowest BCUT2D eigenvalue weighted by Gasteiger charge is -2.07. The van der Waals surface area contributed by atoms with E-state index < -0.39 is 11.9 Å². The number of rotatable bonds is 19. The van der Waals surface area contributed by atoms with Crippen molar-refractivity contribution < 1.29 is 38.1 Å². The third-order valence-electron chi connectivity index (χ3n) is 6.07. The third kappa shape index (κ3) is 14.0. The highest BCUT2D eigenvalue weighted by molar-refractivity contribution is 8.14. The van der Waals surface area contributed by atoms with E-state index in [1.807, 2.05) is 48.5 Å². The SMILES string of the molecule is C=CC(=O)OCCCCOc1ccc(C=CC(=O)Sc2ccc(SC(=O)c3ccc(OCCCCOC(=O)C=C)cc3)cc2)cc1. The summed E-state index contributed by atoms with van der Waals surface area (Å²) in [5.74, 6) is 0.517. The van der Waals surface area contributed by atoms with E-state index >= 15 is 0 Å². The molecular weight excluding hydrogens is 625 g/mol. The van der Waals surface area contributed by atoms with Crippen LogP contribution in [0.25, 0.3) is 6.08 Å². The van der Waals surface area contributed by atoms with E-state index in [1.165, 1.54) is 6.08 Å². The van der Waals surface area contributed by atoms with Crippen LogP contribution in [0.2, 0.25) is 0 Å². The smallest absolute Gasteiger partial charge is 0.330 e. The Morgan fingerprint density at radius 1 is 0.587 bits per heavy atom. The number of unbranched alkanes of at least 4 members (excludes halogenated alkanes) is 2. The Labute approximate surface area is 277 Å². The Kier molecular flexibility index (Phi) is 16.0. The molecule has 0 saturated carbocycles. The second-order valence-corrected chi connectivity index (χ2v) is 11.7. The standard InChI is InChI=1S/C36H36O8S2/c1-3-33(37)43-25-7-5-23-41-29-14-9-27(10-15-29)11-22-35(39)45-31-18-20-32(21-19-31)46-36(40)28-12-16-30(17-13-28)42-24-6-8-26-44-34(38)4-2/h3-4,9-22H,1-2,5-8,23-26H2. The fourth-order valence-electron chi connectivity index (χ4n) is 3.67. The van der Waals surface area contributed by atoms with Gasteiger partial charge in [-0.15, -0.1) is 0 Å². The summed E-state index contributed by atoms with van der Waals surface area (Å²) >= 11 is 2.22. The summed E-state index contributed by atoms with van der Waals surface area (Å²) < 4.78 is 21.2. The molecule has 240 valence electrons. The molecule has 0 radical (unpaired) electrons. The van der Waals surface area contributed by atoms with Crippen molar-refractivity contribution in [2.45, 2.75) is 35.5 Å². The highest BCUT2D eigenvalue weighted by Crippen LogP contribution is 2.27. The Hall–Kier alpha value is -4.54. The molecule has 3 aromatic carbocycles. The van der Waals surface area contributed by atoms with E-state index in [4.69, 9.17) is 18.9 Å². The summed E-state index contributed by atoms with van der Waals surface area (Å²) in [6.07, 6.45) is 8.40. The predicted octanol–water partition coefficient (Wildman–Crippen LogP) is 7.73. The Morgan fingerprint density at radius 2 is 1.04 bits per heavy atom. The Balaban J connectivity index is 1.35. The zero-order valence-electron chi connectivity index (χ0n) is 25.4. The summed E-state index contributed by atoms with van der Waals surface area (Å²) in [6.45, 7) is 8.34. The molecule has 0 aliphatic rings. The predicted molar refractivity (Wildman–Crippen MR) is 181 cm³/mol. The van der Waals surface area contributed by atoms with Gasteiger partial charge in [0.1, 0.15) is 11.5 Å². The number of carbonyl (C=O) groups excluding carboxylic acids is 4. The molecule has 10 heteroatoms. The van der Waals surface area contributed by atoms with Gasteiger partial charge in [-0.3, -0.25) is 9.59 Å². The number of ether oxygens (including phenoxy) is 4. The molecule has 3 aromatic rings. The van der Waals surface area contributed by atoms with Gasteiger partial charge in [-0.1, -0.05) is 31.4 Å². The maximum absolute atomic E-state index is 12.7. The molecule has 3 rings (SSSR count). The van der Waals surface area contributed by atoms with Gasteiger partial charge in [-0.25, -0.2) is 9.59 Å². The molecule has 0 atom stereocenters. The van der Waals surface area contributed by atoms with Crippen LogP contribution in [0.4, 0.5) is 0 Å². The normalized spacial score (nSPS) is 10.6. The van der Waals surface area contributed by atoms with Crippen molar-refractivity contribution in [3.05, 3.63) is 115 Å². The molecule has 0 unspecified atom stereocenters. The van der Waals surface area contributed by atoms with Gasteiger partial charge in [0.05, 0.1) is 26.4 Å². The number of esters is 2. The van der Waals surface area contributed by atoms with Crippen molar-refractivity contribution >= 4 is 51.8 Å². The van der Waals surface area contributed by atoms with Crippen molar-refractivity contribution in [3.8, 4) is 11.5 Å². The molecule has 0 fully saturated rings.